The number of carboxylic acids is 1. The molecule has 0 saturated carbocycles. The number of halogens is 1. The minimum Gasteiger partial charge on any atom is -0.491 e. The maximum absolute atomic E-state index is 11.3. The van der Waals surface area contributed by atoms with Crippen molar-refractivity contribution in [2.75, 3.05) is 6.61 Å². The summed E-state index contributed by atoms with van der Waals surface area (Å²) in [5, 5.41) is 9.79. The molecule has 0 bridgehead atoms. The molecule has 0 unspecified atom stereocenters. The first kappa shape index (κ1) is 14.3. The number of ether oxygens (including phenoxy) is 1. The highest BCUT2D eigenvalue weighted by Crippen LogP contribution is 2.29. The highest BCUT2D eigenvalue weighted by atomic mass is 35.5. The molecule has 0 atom stereocenters. The first-order chi connectivity index (χ1) is 9.63. The van der Waals surface area contributed by atoms with Crippen LogP contribution in [0.3, 0.4) is 0 Å². The van der Waals surface area contributed by atoms with Crippen LogP contribution in [0.1, 0.15) is 23.7 Å². The van der Waals surface area contributed by atoms with E-state index in [1.54, 1.807) is 12.1 Å². The number of benzene rings is 1. The van der Waals surface area contributed by atoms with Gasteiger partial charge in [-0.3, -0.25) is 4.98 Å². The molecule has 0 spiro atoms. The molecule has 1 aromatic heterocycles. The van der Waals surface area contributed by atoms with Gasteiger partial charge in [0.1, 0.15) is 5.56 Å². The van der Waals surface area contributed by atoms with Gasteiger partial charge in [0, 0.05) is 10.6 Å². The molecule has 2 aromatic rings. The van der Waals surface area contributed by atoms with Crippen LogP contribution in [0.2, 0.25) is 5.02 Å². The molecule has 1 aromatic carbocycles. The summed E-state index contributed by atoms with van der Waals surface area (Å²) in [4.78, 5) is 15.5. The number of pyridine rings is 1. The van der Waals surface area contributed by atoms with E-state index in [2.05, 4.69) is 4.98 Å². The molecule has 0 fully saturated rings. The van der Waals surface area contributed by atoms with Crippen LogP contribution in [0.25, 0.3) is 11.3 Å². The Balaban J connectivity index is 2.45. The molecule has 0 aliphatic rings. The topological polar surface area (TPSA) is 59.4 Å². The molecule has 5 heteroatoms. The molecule has 2 rings (SSSR count). The average Bonchev–Trinajstić information content (AvgIpc) is 2.45. The number of carbonyl (C=O) groups is 1. The lowest BCUT2D eigenvalue weighted by atomic mass is 10.1. The van der Waals surface area contributed by atoms with Crippen LogP contribution in [-0.4, -0.2) is 22.7 Å². The fraction of sp³-hybridized carbons (Fsp3) is 0.200. The van der Waals surface area contributed by atoms with Crippen molar-refractivity contribution >= 4 is 17.6 Å². The Morgan fingerprint density at radius 3 is 2.80 bits per heavy atom. The summed E-state index contributed by atoms with van der Waals surface area (Å²) in [5.41, 5.74) is 1.29. The predicted octanol–water partition coefficient (Wildman–Crippen LogP) is 3.89. The zero-order chi connectivity index (χ0) is 14.5. The van der Waals surface area contributed by atoms with Gasteiger partial charge >= 0.3 is 5.97 Å². The first-order valence-electron chi connectivity index (χ1n) is 6.24. The molecular weight excluding hydrogens is 278 g/mol. The number of aromatic nitrogens is 1. The standard InChI is InChI=1S/C15H14ClNO3/c1-2-7-20-14-9-17-13(8-11(14)15(18)19)10-5-3-4-6-12(10)16/h3-6,8-9H,2,7H2,1H3,(H,18,19). The smallest absolute Gasteiger partial charge is 0.339 e. The Morgan fingerprint density at radius 2 is 2.15 bits per heavy atom. The maximum atomic E-state index is 11.3. The Labute approximate surface area is 122 Å². The first-order valence-corrected chi connectivity index (χ1v) is 6.62. The van der Waals surface area contributed by atoms with Gasteiger partial charge in [-0.1, -0.05) is 36.7 Å². The van der Waals surface area contributed by atoms with Crippen LogP contribution >= 0.6 is 11.6 Å². The maximum Gasteiger partial charge on any atom is 0.339 e. The van der Waals surface area contributed by atoms with Gasteiger partial charge in [-0.2, -0.15) is 0 Å². The zero-order valence-electron chi connectivity index (χ0n) is 11.0. The molecule has 0 saturated heterocycles. The van der Waals surface area contributed by atoms with Gasteiger partial charge in [-0.25, -0.2) is 4.79 Å². The van der Waals surface area contributed by atoms with Crippen molar-refractivity contribution in [1.29, 1.82) is 0 Å². The van der Waals surface area contributed by atoms with Crippen molar-refractivity contribution in [3.63, 3.8) is 0 Å². The molecule has 0 radical (unpaired) electrons. The third kappa shape index (κ3) is 3.08. The summed E-state index contributed by atoms with van der Waals surface area (Å²) in [5.74, 6) is -0.776. The zero-order valence-corrected chi connectivity index (χ0v) is 11.7. The third-order valence-electron chi connectivity index (χ3n) is 2.71. The van der Waals surface area contributed by atoms with Crippen LogP contribution in [0, 0.1) is 0 Å². The van der Waals surface area contributed by atoms with E-state index in [0.717, 1.165) is 6.42 Å². The van der Waals surface area contributed by atoms with E-state index in [1.807, 2.05) is 19.1 Å². The summed E-state index contributed by atoms with van der Waals surface area (Å²) in [7, 11) is 0. The summed E-state index contributed by atoms with van der Waals surface area (Å²) in [6, 6.07) is 8.64. The van der Waals surface area contributed by atoms with E-state index in [0.29, 0.717) is 22.9 Å². The van der Waals surface area contributed by atoms with Gasteiger partial charge in [-0.05, 0) is 18.6 Å². The molecule has 1 N–H and O–H groups in total. The van der Waals surface area contributed by atoms with Gasteiger partial charge in [0.2, 0.25) is 0 Å². The van der Waals surface area contributed by atoms with Gasteiger partial charge in [0.05, 0.1) is 18.5 Å². The third-order valence-corrected chi connectivity index (χ3v) is 3.04. The normalized spacial score (nSPS) is 10.3. The number of aromatic carboxylic acids is 1. The van der Waals surface area contributed by atoms with Crippen LogP contribution in [0.4, 0.5) is 0 Å². The van der Waals surface area contributed by atoms with E-state index in [9.17, 15) is 9.90 Å². The Kier molecular flexibility index (Phi) is 4.58. The van der Waals surface area contributed by atoms with Crippen LogP contribution in [-0.2, 0) is 0 Å². The lowest BCUT2D eigenvalue weighted by Crippen LogP contribution is -2.05. The van der Waals surface area contributed by atoms with Crippen molar-refractivity contribution < 1.29 is 14.6 Å². The van der Waals surface area contributed by atoms with Crippen molar-refractivity contribution in [1.82, 2.24) is 4.98 Å². The second-order valence-electron chi connectivity index (χ2n) is 4.20. The van der Waals surface area contributed by atoms with Crippen LogP contribution in [0.5, 0.6) is 5.75 Å². The molecule has 20 heavy (non-hydrogen) atoms. The van der Waals surface area contributed by atoms with E-state index in [-0.39, 0.29) is 11.3 Å². The Hall–Kier alpha value is -2.07. The van der Waals surface area contributed by atoms with Gasteiger partial charge < -0.3 is 9.84 Å². The Morgan fingerprint density at radius 1 is 1.40 bits per heavy atom. The summed E-state index contributed by atoms with van der Waals surface area (Å²) in [6.45, 7) is 2.40. The molecule has 104 valence electrons. The Bertz CT molecular complexity index is 628. The average molecular weight is 292 g/mol. The largest absolute Gasteiger partial charge is 0.491 e. The lowest BCUT2D eigenvalue weighted by molar-refractivity contribution is 0.0692. The fourth-order valence-electron chi connectivity index (χ4n) is 1.75. The molecule has 0 amide bonds. The lowest BCUT2D eigenvalue weighted by Gasteiger charge is -2.10. The molecule has 1 heterocycles. The minimum atomic E-state index is -1.05. The minimum absolute atomic E-state index is 0.0865. The van der Waals surface area contributed by atoms with Gasteiger partial charge in [0.15, 0.2) is 5.75 Å². The summed E-state index contributed by atoms with van der Waals surface area (Å²) in [6.07, 6.45) is 2.23. The van der Waals surface area contributed by atoms with Crippen molar-refractivity contribution in [3.8, 4) is 17.0 Å². The van der Waals surface area contributed by atoms with Crippen molar-refractivity contribution in [3.05, 3.63) is 47.1 Å². The highest BCUT2D eigenvalue weighted by molar-refractivity contribution is 6.33. The molecular formula is C15H14ClNO3. The van der Waals surface area contributed by atoms with Crippen LogP contribution < -0.4 is 4.74 Å². The van der Waals surface area contributed by atoms with Crippen molar-refractivity contribution in [2.45, 2.75) is 13.3 Å². The van der Waals surface area contributed by atoms with E-state index in [1.165, 1.54) is 12.3 Å². The van der Waals surface area contributed by atoms with Crippen LogP contribution in [0.15, 0.2) is 36.5 Å². The number of hydrogen-bond acceptors (Lipinski definition) is 3. The van der Waals surface area contributed by atoms with E-state index < -0.39 is 5.97 Å². The molecule has 0 aliphatic carbocycles. The van der Waals surface area contributed by atoms with E-state index >= 15 is 0 Å². The van der Waals surface area contributed by atoms with Gasteiger partial charge in [0.25, 0.3) is 0 Å². The number of nitrogens with zero attached hydrogens (tertiary/aromatic N) is 1. The summed E-state index contributed by atoms with van der Waals surface area (Å²) < 4.78 is 5.39. The second-order valence-corrected chi connectivity index (χ2v) is 4.61. The highest BCUT2D eigenvalue weighted by Gasteiger charge is 2.15. The quantitative estimate of drug-likeness (QED) is 0.908. The van der Waals surface area contributed by atoms with E-state index in [4.69, 9.17) is 16.3 Å². The number of hydrogen-bond donors (Lipinski definition) is 1. The second kappa shape index (κ2) is 6.39. The fourth-order valence-corrected chi connectivity index (χ4v) is 1.99. The summed E-state index contributed by atoms with van der Waals surface area (Å²) >= 11 is 6.10. The molecule has 0 aliphatic heterocycles. The molecule has 4 nitrogen and oxygen atoms in total. The number of carboxylic acid groups (broad SMARTS) is 1. The van der Waals surface area contributed by atoms with Crippen molar-refractivity contribution in [2.24, 2.45) is 0 Å². The SMILES string of the molecule is CCCOc1cnc(-c2ccccc2Cl)cc1C(=O)O. The monoisotopic (exact) mass is 291 g/mol. The predicted molar refractivity (Wildman–Crippen MR) is 77.4 cm³/mol. The number of rotatable bonds is 5. The van der Waals surface area contributed by atoms with Gasteiger partial charge in [-0.15, -0.1) is 0 Å².